The Morgan fingerprint density at radius 1 is 1.08 bits per heavy atom. The van der Waals surface area contributed by atoms with Gasteiger partial charge >= 0.3 is 0 Å². The van der Waals surface area contributed by atoms with Gasteiger partial charge in [-0.1, -0.05) is 41.4 Å². The molecule has 0 saturated heterocycles. The van der Waals surface area contributed by atoms with Gasteiger partial charge in [-0.05, 0) is 48.7 Å². The van der Waals surface area contributed by atoms with Gasteiger partial charge in [-0.25, -0.2) is 0 Å². The van der Waals surface area contributed by atoms with Crippen LogP contribution in [0.25, 0.3) is 0 Å². The van der Waals surface area contributed by atoms with Gasteiger partial charge in [0.2, 0.25) is 11.8 Å². The molecule has 0 aromatic heterocycles. The molecule has 2 aromatic carbocycles. The van der Waals surface area contributed by atoms with E-state index in [1.165, 1.54) is 6.92 Å². The molecule has 0 spiro atoms. The number of halogens is 2. The summed E-state index contributed by atoms with van der Waals surface area (Å²) in [6, 6.07) is 12.9. The Balaban J connectivity index is 1.86. The highest BCUT2D eigenvalue weighted by molar-refractivity contribution is 6.31. The van der Waals surface area contributed by atoms with Crippen molar-refractivity contribution in [2.45, 2.75) is 26.7 Å². The summed E-state index contributed by atoms with van der Waals surface area (Å²) < 4.78 is 0. The van der Waals surface area contributed by atoms with Gasteiger partial charge in [0.1, 0.15) is 0 Å². The maximum atomic E-state index is 12.1. The van der Waals surface area contributed by atoms with Crippen molar-refractivity contribution < 1.29 is 9.59 Å². The molecular formula is C20H22Cl2N2O2. The third kappa shape index (κ3) is 5.75. The number of rotatable bonds is 7. The molecule has 0 fully saturated rings. The average Bonchev–Trinajstić information content (AvgIpc) is 2.60. The second-order valence-corrected chi connectivity index (χ2v) is 6.87. The Bertz CT molecular complexity index is 776. The lowest BCUT2D eigenvalue weighted by Gasteiger charge is -2.23. The summed E-state index contributed by atoms with van der Waals surface area (Å²) in [6.45, 7) is 4.19. The van der Waals surface area contributed by atoms with Crippen molar-refractivity contribution in [1.82, 2.24) is 5.32 Å². The van der Waals surface area contributed by atoms with Gasteiger partial charge in [0.15, 0.2) is 0 Å². The number of nitrogens with one attached hydrogen (secondary N) is 1. The zero-order valence-electron chi connectivity index (χ0n) is 14.9. The molecule has 0 atom stereocenters. The van der Waals surface area contributed by atoms with Crippen LogP contribution in [-0.2, 0) is 16.0 Å². The van der Waals surface area contributed by atoms with E-state index in [1.54, 1.807) is 17.0 Å². The third-order valence-electron chi connectivity index (χ3n) is 4.12. The van der Waals surface area contributed by atoms with Crippen LogP contribution in [0, 0.1) is 6.92 Å². The Morgan fingerprint density at radius 2 is 1.77 bits per heavy atom. The minimum absolute atomic E-state index is 0.0927. The fourth-order valence-corrected chi connectivity index (χ4v) is 2.93. The van der Waals surface area contributed by atoms with Crippen LogP contribution in [0.5, 0.6) is 0 Å². The molecule has 2 amide bonds. The summed E-state index contributed by atoms with van der Waals surface area (Å²) in [5.74, 6) is -0.214. The first kappa shape index (κ1) is 20.3. The summed E-state index contributed by atoms with van der Waals surface area (Å²) in [4.78, 5) is 25.7. The SMILES string of the molecule is CC(=O)N(CCC(=O)NCCc1ccc(Cl)cc1)c1cccc(Cl)c1C. The van der Waals surface area contributed by atoms with Crippen molar-refractivity contribution in [2.24, 2.45) is 0 Å². The first-order valence-corrected chi connectivity index (χ1v) is 9.18. The molecule has 26 heavy (non-hydrogen) atoms. The molecule has 0 aliphatic heterocycles. The van der Waals surface area contributed by atoms with E-state index >= 15 is 0 Å². The van der Waals surface area contributed by atoms with Crippen molar-refractivity contribution in [3.05, 3.63) is 63.6 Å². The van der Waals surface area contributed by atoms with E-state index in [-0.39, 0.29) is 18.2 Å². The standard InChI is InChI=1S/C20H22Cl2N2O2/c1-14-18(22)4-3-5-19(14)24(15(2)25)13-11-20(26)23-12-10-16-6-8-17(21)9-7-16/h3-9H,10-13H2,1-2H3,(H,23,26). The Morgan fingerprint density at radius 3 is 2.42 bits per heavy atom. The zero-order valence-corrected chi connectivity index (χ0v) is 16.4. The molecule has 0 bridgehead atoms. The predicted molar refractivity (Wildman–Crippen MR) is 107 cm³/mol. The second-order valence-electron chi connectivity index (χ2n) is 6.03. The van der Waals surface area contributed by atoms with Gasteiger partial charge < -0.3 is 10.2 Å². The smallest absolute Gasteiger partial charge is 0.223 e. The monoisotopic (exact) mass is 392 g/mol. The van der Waals surface area contributed by atoms with Crippen LogP contribution in [0.2, 0.25) is 10.0 Å². The Hall–Kier alpha value is -2.04. The van der Waals surface area contributed by atoms with Gasteiger partial charge in [-0.15, -0.1) is 0 Å². The van der Waals surface area contributed by atoms with E-state index in [0.29, 0.717) is 23.1 Å². The second kappa shape index (κ2) is 9.60. The minimum Gasteiger partial charge on any atom is -0.356 e. The van der Waals surface area contributed by atoms with Crippen LogP contribution >= 0.6 is 23.2 Å². The molecule has 4 nitrogen and oxygen atoms in total. The lowest BCUT2D eigenvalue weighted by molar-refractivity contribution is -0.121. The van der Waals surface area contributed by atoms with E-state index in [2.05, 4.69) is 5.32 Å². The van der Waals surface area contributed by atoms with Crippen molar-refractivity contribution >= 4 is 40.7 Å². The number of hydrogen-bond acceptors (Lipinski definition) is 2. The normalized spacial score (nSPS) is 10.5. The Labute approximate surface area is 164 Å². The Kier molecular flexibility index (Phi) is 7.49. The highest BCUT2D eigenvalue weighted by Crippen LogP contribution is 2.26. The first-order valence-electron chi connectivity index (χ1n) is 8.43. The molecule has 0 saturated carbocycles. The average molecular weight is 393 g/mol. The largest absolute Gasteiger partial charge is 0.356 e. The fraction of sp³-hybridized carbons (Fsp3) is 0.300. The summed E-state index contributed by atoms with van der Waals surface area (Å²) in [6.07, 6.45) is 0.957. The third-order valence-corrected chi connectivity index (χ3v) is 4.78. The quantitative estimate of drug-likeness (QED) is 0.758. The van der Waals surface area contributed by atoms with Gasteiger partial charge in [-0.3, -0.25) is 9.59 Å². The topological polar surface area (TPSA) is 49.4 Å². The maximum Gasteiger partial charge on any atom is 0.223 e. The summed E-state index contributed by atoms with van der Waals surface area (Å²) in [7, 11) is 0. The summed E-state index contributed by atoms with van der Waals surface area (Å²) >= 11 is 12.0. The van der Waals surface area contributed by atoms with Crippen LogP contribution in [0.3, 0.4) is 0 Å². The number of anilines is 1. The molecule has 6 heteroatoms. The van der Waals surface area contributed by atoms with Crippen LogP contribution in [0.15, 0.2) is 42.5 Å². The summed E-state index contributed by atoms with van der Waals surface area (Å²) in [5, 5.41) is 4.17. The van der Waals surface area contributed by atoms with Gasteiger partial charge in [0.25, 0.3) is 0 Å². The number of benzene rings is 2. The lowest BCUT2D eigenvalue weighted by Crippen LogP contribution is -2.34. The van der Waals surface area contributed by atoms with E-state index in [0.717, 1.165) is 23.2 Å². The molecule has 138 valence electrons. The van der Waals surface area contributed by atoms with E-state index in [4.69, 9.17) is 23.2 Å². The summed E-state index contributed by atoms with van der Waals surface area (Å²) in [5.41, 5.74) is 2.67. The van der Waals surface area contributed by atoms with Crippen LogP contribution in [0.4, 0.5) is 5.69 Å². The molecule has 0 radical (unpaired) electrons. The molecule has 0 unspecified atom stereocenters. The highest BCUT2D eigenvalue weighted by Gasteiger charge is 2.16. The van der Waals surface area contributed by atoms with E-state index in [9.17, 15) is 9.59 Å². The van der Waals surface area contributed by atoms with Gasteiger partial charge in [-0.2, -0.15) is 0 Å². The van der Waals surface area contributed by atoms with Gasteiger partial charge in [0.05, 0.1) is 0 Å². The van der Waals surface area contributed by atoms with Crippen molar-refractivity contribution in [3.8, 4) is 0 Å². The van der Waals surface area contributed by atoms with Crippen molar-refractivity contribution in [2.75, 3.05) is 18.0 Å². The van der Waals surface area contributed by atoms with Crippen LogP contribution < -0.4 is 10.2 Å². The van der Waals surface area contributed by atoms with Gasteiger partial charge in [0, 0.05) is 42.2 Å². The minimum atomic E-state index is -0.121. The molecule has 0 aliphatic rings. The van der Waals surface area contributed by atoms with Crippen LogP contribution in [-0.4, -0.2) is 24.9 Å². The van der Waals surface area contributed by atoms with Crippen molar-refractivity contribution in [3.63, 3.8) is 0 Å². The predicted octanol–water partition coefficient (Wildman–Crippen LogP) is 4.40. The molecule has 1 N–H and O–H groups in total. The van der Waals surface area contributed by atoms with Crippen LogP contribution in [0.1, 0.15) is 24.5 Å². The van der Waals surface area contributed by atoms with E-state index < -0.39 is 0 Å². The maximum absolute atomic E-state index is 12.1. The number of nitrogens with zero attached hydrogens (tertiary/aromatic N) is 1. The molecular weight excluding hydrogens is 371 g/mol. The molecule has 2 rings (SSSR count). The van der Waals surface area contributed by atoms with E-state index in [1.807, 2.05) is 37.3 Å². The number of hydrogen-bond donors (Lipinski definition) is 1. The van der Waals surface area contributed by atoms with Crippen molar-refractivity contribution in [1.29, 1.82) is 0 Å². The number of carbonyl (C=O) groups is 2. The molecule has 0 aliphatic carbocycles. The fourth-order valence-electron chi connectivity index (χ4n) is 2.64. The zero-order chi connectivity index (χ0) is 19.1. The molecule has 0 heterocycles. The molecule has 2 aromatic rings. The lowest BCUT2D eigenvalue weighted by atomic mass is 10.1. The first-order chi connectivity index (χ1) is 12.4. The number of amides is 2. The highest BCUT2D eigenvalue weighted by atomic mass is 35.5. The number of carbonyl (C=O) groups excluding carboxylic acids is 2.